The van der Waals surface area contributed by atoms with Gasteiger partial charge < -0.3 is 4.74 Å². The third kappa shape index (κ3) is 5.47. The minimum atomic E-state index is -4.43. The summed E-state index contributed by atoms with van der Waals surface area (Å²) in [6.45, 7) is 1.45. The Hall–Kier alpha value is -2.79. The average Bonchev–Trinajstić information content (AvgIpc) is 3.22. The van der Waals surface area contributed by atoms with Gasteiger partial charge in [0.05, 0.1) is 5.56 Å². The second-order valence-electron chi connectivity index (χ2n) is 8.02. The standard InChI is InChI=1S/C26H26F3NO/c27-26(28,29)22-14-7-8-16-24(22)31-25-17-9-15-23(25)30(18-20-10-3-1-4-11-20)19-21-12-5-2-6-13-21/h1-8,10-14,16,23,25H,9,15,17-19H2/t23-,25-/m1/s1. The minimum Gasteiger partial charge on any atom is -0.488 e. The zero-order chi connectivity index (χ0) is 21.7. The van der Waals surface area contributed by atoms with Crippen molar-refractivity contribution in [1.29, 1.82) is 0 Å². The van der Waals surface area contributed by atoms with Crippen molar-refractivity contribution in [3.05, 3.63) is 102 Å². The molecule has 1 saturated carbocycles. The number of para-hydroxylation sites is 1. The molecule has 0 radical (unpaired) electrons. The Morgan fingerprint density at radius 1 is 0.742 bits per heavy atom. The predicted octanol–water partition coefficient (Wildman–Crippen LogP) is 6.71. The Morgan fingerprint density at radius 3 is 1.87 bits per heavy atom. The third-order valence-electron chi connectivity index (χ3n) is 5.81. The highest BCUT2D eigenvalue weighted by Crippen LogP contribution is 2.38. The summed E-state index contributed by atoms with van der Waals surface area (Å²) in [6, 6.07) is 25.9. The van der Waals surface area contributed by atoms with Crippen molar-refractivity contribution in [1.82, 2.24) is 4.90 Å². The number of alkyl halides is 3. The molecule has 2 atom stereocenters. The molecule has 162 valence electrons. The van der Waals surface area contributed by atoms with Crippen LogP contribution in [0.5, 0.6) is 5.75 Å². The van der Waals surface area contributed by atoms with Gasteiger partial charge in [-0.15, -0.1) is 0 Å². The van der Waals surface area contributed by atoms with Gasteiger partial charge in [0, 0.05) is 19.1 Å². The highest BCUT2D eigenvalue weighted by Gasteiger charge is 2.38. The average molecular weight is 425 g/mol. The van der Waals surface area contributed by atoms with Crippen LogP contribution < -0.4 is 4.74 Å². The SMILES string of the molecule is FC(F)(F)c1ccccc1O[C@@H]1CCC[C@H]1N(Cc1ccccc1)Cc1ccccc1. The van der Waals surface area contributed by atoms with Crippen LogP contribution in [0.2, 0.25) is 0 Å². The first-order chi connectivity index (χ1) is 15.0. The second kappa shape index (κ2) is 9.56. The molecule has 5 heteroatoms. The molecular weight excluding hydrogens is 399 g/mol. The summed E-state index contributed by atoms with van der Waals surface area (Å²) in [6.07, 6.45) is -2.13. The van der Waals surface area contributed by atoms with Crippen molar-refractivity contribution in [2.75, 3.05) is 0 Å². The molecule has 3 aromatic carbocycles. The van der Waals surface area contributed by atoms with Crippen LogP contribution in [0.4, 0.5) is 13.2 Å². The van der Waals surface area contributed by atoms with Crippen LogP contribution in [0.1, 0.15) is 36.0 Å². The van der Waals surface area contributed by atoms with E-state index in [1.165, 1.54) is 23.3 Å². The highest BCUT2D eigenvalue weighted by atomic mass is 19.4. The lowest BCUT2D eigenvalue weighted by atomic mass is 10.1. The molecule has 0 spiro atoms. The van der Waals surface area contributed by atoms with Crippen LogP contribution in [-0.4, -0.2) is 17.0 Å². The van der Waals surface area contributed by atoms with Gasteiger partial charge in [0.2, 0.25) is 0 Å². The summed E-state index contributed by atoms with van der Waals surface area (Å²) in [5.41, 5.74) is 1.65. The van der Waals surface area contributed by atoms with Gasteiger partial charge in [-0.3, -0.25) is 4.90 Å². The first kappa shape index (κ1) is 21.4. The lowest BCUT2D eigenvalue weighted by molar-refractivity contribution is -0.139. The van der Waals surface area contributed by atoms with Crippen molar-refractivity contribution < 1.29 is 17.9 Å². The Labute approximate surface area is 181 Å². The van der Waals surface area contributed by atoms with E-state index in [0.29, 0.717) is 0 Å². The van der Waals surface area contributed by atoms with Crippen LogP contribution in [0.15, 0.2) is 84.9 Å². The molecule has 0 unspecified atom stereocenters. The van der Waals surface area contributed by atoms with E-state index < -0.39 is 11.7 Å². The fourth-order valence-electron chi connectivity index (χ4n) is 4.35. The quantitative estimate of drug-likeness (QED) is 0.417. The van der Waals surface area contributed by atoms with E-state index in [4.69, 9.17) is 4.74 Å². The van der Waals surface area contributed by atoms with E-state index in [-0.39, 0.29) is 17.9 Å². The van der Waals surface area contributed by atoms with Gasteiger partial charge in [-0.1, -0.05) is 72.8 Å². The largest absolute Gasteiger partial charge is 0.488 e. The number of halogens is 3. The molecule has 2 nitrogen and oxygen atoms in total. The van der Waals surface area contributed by atoms with Crippen molar-refractivity contribution in [3.8, 4) is 5.75 Å². The van der Waals surface area contributed by atoms with Crippen LogP contribution in [-0.2, 0) is 19.3 Å². The summed E-state index contributed by atoms with van der Waals surface area (Å²) in [7, 11) is 0. The molecule has 0 saturated heterocycles. The number of nitrogens with zero attached hydrogens (tertiary/aromatic N) is 1. The molecule has 4 rings (SSSR count). The molecule has 1 fully saturated rings. The summed E-state index contributed by atoms with van der Waals surface area (Å²) >= 11 is 0. The Kier molecular flexibility index (Phi) is 6.62. The lowest BCUT2D eigenvalue weighted by Crippen LogP contribution is -2.42. The van der Waals surface area contributed by atoms with Gasteiger partial charge in [-0.25, -0.2) is 0 Å². The molecule has 0 N–H and O–H groups in total. The van der Waals surface area contributed by atoms with E-state index in [2.05, 4.69) is 29.2 Å². The molecule has 0 aromatic heterocycles. The maximum atomic E-state index is 13.5. The maximum absolute atomic E-state index is 13.5. The van der Waals surface area contributed by atoms with E-state index in [9.17, 15) is 13.2 Å². The number of hydrogen-bond donors (Lipinski definition) is 0. The number of hydrogen-bond acceptors (Lipinski definition) is 2. The van der Waals surface area contributed by atoms with Gasteiger partial charge in [0.15, 0.2) is 0 Å². The smallest absolute Gasteiger partial charge is 0.419 e. The fraction of sp³-hybridized carbons (Fsp3) is 0.308. The molecule has 1 aliphatic carbocycles. The maximum Gasteiger partial charge on any atom is 0.419 e. The summed E-state index contributed by atoms with van der Waals surface area (Å²) in [5.74, 6) is -0.0775. The summed E-state index contributed by atoms with van der Waals surface area (Å²) < 4.78 is 46.4. The first-order valence-corrected chi connectivity index (χ1v) is 10.7. The topological polar surface area (TPSA) is 12.5 Å². The lowest BCUT2D eigenvalue weighted by Gasteiger charge is -2.34. The van der Waals surface area contributed by atoms with Crippen molar-refractivity contribution in [2.45, 2.75) is 50.7 Å². The Bertz CT molecular complexity index is 918. The van der Waals surface area contributed by atoms with Gasteiger partial charge >= 0.3 is 6.18 Å². The fourth-order valence-corrected chi connectivity index (χ4v) is 4.35. The zero-order valence-electron chi connectivity index (χ0n) is 17.3. The van der Waals surface area contributed by atoms with E-state index in [1.54, 1.807) is 6.07 Å². The number of benzene rings is 3. The summed E-state index contributed by atoms with van der Waals surface area (Å²) in [5, 5.41) is 0. The number of ether oxygens (including phenoxy) is 1. The highest BCUT2D eigenvalue weighted by molar-refractivity contribution is 5.36. The van der Waals surface area contributed by atoms with Crippen LogP contribution >= 0.6 is 0 Å². The molecular formula is C26H26F3NO. The first-order valence-electron chi connectivity index (χ1n) is 10.7. The molecule has 1 aliphatic rings. The van der Waals surface area contributed by atoms with Crippen molar-refractivity contribution >= 4 is 0 Å². The monoisotopic (exact) mass is 425 g/mol. The predicted molar refractivity (Wildman–Crippen MR) is 116 cm³/mol. The summed E-state index contributed by atoms with van der Waals surface area (Å²) in [4.78, 5) is 2.35. The van der Waals surface area contributed by atoms with E-state index >= 15 is 0 Å². The molecule has 0 amide bonds. The van der Waals surface area contributed by atoms with Gasteiger partial charge in [-0.2, -0.15) is 13.2 Å². The second-order valence-corrected chi connectivity index (χ2v) is 8.02. The van der Waals surface area contributed by atoms with Crippen molar-refractivity contribution in [2.24, 2.45) is 0 Å². The molecule has 0 heterocycles. The Balaban J connectivity index is 1.58. The van der Waals surface area contributed by atoms with Crippen molar-refractivity contribution in [3.63, 3.8) is 0 Å². The van der Waals surface area contributed by atoms with Crippen LogP contribution in [0, 0.1) is 0 Å². The van der Waals surface area contributed by atoms with Crippen LogP contribution in [0.3, 0.4) is 0 Å². The van der Waals surface area contributed by atoms with Gasteiger partial charge in [0.25, 0.3) is 0 Å². The molecule has 31 heavy (non-hydrogen) atoms. The van der Waals surface area contributed by atoms with E-state index in [1.807, 2.05) is 36.4 Å². The normalized spacial score (nSPS) is 19.0. The van der Waals surface area contributed by atoms with Gasteiger partial charge in [0.1, 0.15) is 11.9 Å². The molecule has 0 bridgehead atoms. The molecule has 3 aromatic rings. The van der Waals surface area contributed by atoms with E-state index in [0.717, 1.165) is 38.4 Å². The molecule has 0 aliphatic heterocycles. The van der Waals surface area contributed by atoms with Gasteiger partial charge in [-0.05, 0) is 42.5 Å². The Morgan fingerprint density at radius 2 is 1.29 bits per heavy atom. The third-order valence-corrected chi connectivity index (χ3v) is 5.81. The zero-order valence-corrected chi connectivity index (χ0v) is 17.3. The number of rotatable bonds is 7. The van der Waals surface area contributed by atoms with Crippen LogP contribution in [0.25, 0.3) is 0 Å². The minimum absolute atomic E-state index is 0.0432.